The van der Waals surface area contributed by atoms with Crippen LogP contribution in [0.2, 0.25) is 0 Å². The summed E-state index contributed by atoms with van der Waals surface area (Å²) in [5.41, 5.74) is 5.33. The third kappa shape index (κ3) is 1.62. The van der Waals surface area contributed by atoms with Gasteiger partial charge in [0.05, 0.1) is 18.6 Å². The van der Waals surface area contributed by atoms with Gasteiger partial charge >= 0.3 is 0 Å². The number of halogens is 2. The largest absolute Gasteiger partial charge is 0.472 e. The number of rotatable bonds is 3. The van der Waals surface area contributed by atoms with E-state index in [2.05, 4.69) is 4.42 Å². The fourth-order valence-corrected chi connectivity index (χ4v) is 0.794. The van der Waals surface area contributed by atoms with E-state index in [0.29, 0.717) is 0 Å². The summed E-state index contributed by atoms with van der Waals surface area (Å²) in [4.78, 5) is 0. The highest BCUT2D eigenvalue weighted by molar-refractivity contribution is 5.14. The molecule has 0 radical (unpaired) electrons. The molecule has 0 saturated heterocycles. The van der Waals surface area contributed by atoms with E-state index in [0.717, 1.165) is 6.26 Å². The van der Waals surface area contributed by atoms with E-state index in [-0.39, 0.29) is 5.56 Å². The molecule has 0 spiro atoms. The third-order valence-corrected chi connectivity index (χ3v) is 1.57. The van der Waals surface area contributed by atoms with Crippen molar-refractivity contribution >= 4 is 0 Å². The first-order valence-corrected chi connectivity index (χ1v) is 3.34. The molecule has 0 unspecified atom stereocenters. The average Bonchev–Trinajstić information content (AvgIpc) is 2.55. The van der Waals surface area contributed by atoms with Crippen LogP contribution in [0.5, 0.6) is 0 Å². The molecule has 0 aliphatic carbocycles. The minimum atomic E-state index is -3.30. The summed E-state index contributed by atoms with van der Waals surface area (Å²) in [7, 11) is 0. The van der Waals surface area contributed by atoms with Gasteiger partial charge in [0, 0.05) is 5.56 Å². The zero-order chi connectivity index (χ0) is 9.19. The summed E-state index contributed by atoms with van der Waals surface area (Å²) in [6.45, 7) is -1.26. The molecule has 1 aromatic heterocycles. The van der Waals surface area contributed by atoms with Gasteiger partial charge in [-0.05, 0) is 6.07 Å². The Labute approximate surface area is 67.8 Å². The Hall–Kier alpha value is -0.940. The van der Waals surface area contributed by atoms with Crippen LogP contribution in [0.1, 0.15) is 11.6 Å². The number of alkyl halides is 2. The van der Waals surface area contributed by atoms with Crippen LogP contribution in [0, 0.1) is 0 Å². The third-order valence-electron chi connectivity index (χ3n) is 1.57. The highest BCUT2D eigenvalue weighted by atomic mass is 19.3. The van der Waals surface area contributed by atoms with Crippen LogP contribution in [0.4, 0.5) is 8.78 Å². The first-order valence-electron chi connectivity index (χ1n) is 3.34. The van der Waals surface area contributed by atoms with Crippen LogP contribution < -0.4 is 5.73 Å². The van der Waals surface area contributed by atoms with Crippen LogP contribution in [0.25, 0.3) is 0 Å². The molecule has 68 valence electrons. The first-order chi connectivity index (χ1) is 5.58. The lowest BCUT2D eigenvalue weighted by Gasteiger charge is -2.19. The van der Waals surface area contributed by atoms with Crippen molar-refractivity contribution in [3.05, 3.63) is 24.2 Å². The Kier molecular flexibility index (Phi) is 2.44. The monoisotopic (exact) mass is 177 g/mol. The quantitative estimate of drug-likeness (QED) is 0.721. The van der Waals surface area contributed by atoms with Gasteiger partial charge in [0.2, 0.25) is 0 Å². The van der Waals surface area contributed by atoms with Crippen molar-refractivity contribution in [2.75, 3.05) is 6.61 Å². The van der Waals surface area contributed by atoms with E-state index in [1.54, 1.807) is 0 Å². The second-order valence-electron chi connectivity index (χ2n) is 2.45. The molecule has 3 N–H and O–H groups in total. The van der Waals surface area contributed by atoms with Gasteiger partial charge in [-0.3, -0.25) is 0 Å². The lowest BCUT2D eigenvalue weighted by atomic mass is 10.1. The van der Waals surface area contributed by atoms with E-state index in [9.17, 15) is 8.78 Å². The van der Waals surface area contributed by atoms with Crippen molar-refractivity contribution in [1.82, 2.24) is 0 Å². The van der Waals surface area contributed by atoms with Gasteiger partial charge in [-0.25, -0.2) is 8.78 Å². The van der Waals surface area contributed by atoms with Crippen molar-refractivity contribution in [2.24, 2.45) is 5.73 Å². The van der Waals surface area contributed by atoms with Crippen molar-refractivity contribution in [3.8, 4) is 0 Å². The van der Waals surface area contributed by atoms with Crippen molar-refractivity contribution in [3.63, 3.8) is 0 Å². The average molecular weight is 177 g/mol. The van der Waals surface area contributed by atoms with E-state index in [4.69, 9.17) is 10.8 Å². The molecule has 0 bridgehead atoms. The Morgan fingerprint density at radius 2 is 2.33 bits per heavy atom. The number of aliphatic hydroxyl groups excluding tert-OH is 1. The second kappa shape index (κ2) is 3.20. The number of hydrogen-bond donors (Lipinski definition) is 2. The zero-order valence-electron chi connectivity index (χ0n) is 6.21. The first kappa shape index (κ1) is 9.15. The lowest BCUT2D eigenvalue weighted by molar-refractivity contribution is -0.0712. The standard InChI is InChI=1S/C7H9F2NO2/c8-7(9,4-11)6(10)5-1-2-12-3-5/h1-3,6,11H,4,10H2/t6-/m0/s1. The maximum Gasteiger partial charge on any atom is 0.289 e. The maximum atomic E-state index is 12.7. The normalized spacial score (nSPS) is 14.7. The molecule has 0 saturated carbocycles. The van der Waals surface area contributed by atoms with Crippen LogP contribution in [0.15, 0.2) is 23.0 Å². The van der Waals surface area contributed by atoms with Gasteiger partial charge in [-0.1, -0.05) is 0 Å². The van der Waals surface area contributed by atoms with Crippen LogP contribution in [-0.2, 0) is 0 Å². The molecule has 1 rings (SSSR count). The summed E-state index contributed by atoms with van der Waals surface area (Å²) in [5, 5.41) is 8.30. The molecule has 1 atom stereocenters. The predicted octanol–water partition coefficient (Wildman–Crippen LogP) is 0.907. The highest BCUT2D eigenvalue weighted by Gasteiger charge is 2.37. The van der Waals surface area contributed by atoms with Crippen LogP contribution in [-0.4, -0.2) is 17.6 Å². The topological polar surface area (TPSA) is 59.4 Å². The molecule has 0 aromatic carbocycles. The molecule has 1 heterocycles. The predicted molar refractivity (Wildman–Crippen MR) is 37.7 cm³/mol. The SMILES string of the molecule is N[C@@H](c1ccoc1)C(F)(F)CO. The molecule has 12 heavy (non-hydrogen) atoms. The van der Waals surface area contributed by atoms with Gasteiger partial charge in [0.15, 0.2) is 0 Å². The Balaban J connectivity index is 2.78. The number of nitrogens with two attached hydrogens (primary N) is 1. The number of hydrogen-bond acceptors (Lipinski definition) is 3. The van der Waals surface area contributed by atoms with Crippen molar-refractivity contribution in [1.29, 1.82) is 0 Å². The van der Waals surface area contributed by atoms with Gasteiger partial charge in [0.1, 0.15) is 6.61 Å². The van der Waals surface area contributed by atoms with Gasteiger partial charge in [-0.15, -0.1) is 0 Å². The Bertz CT molecular complexity index is 236. The van der Waals surface area contributed by atoms with Crippen LogP contribution >= 0.6 is 0 Å². The fourth-order valence-electron chi connectivity index (χ4n) is 0.794. The minimum absolute atomic E-state index is 0.175. The van der Waals surface area contributed by atoms with E-state index < -0.39 is 18.6 Å². The second-order valence-corrected chi connectivity index (χ2v) is 2.45. The molecule has 0 aliphatic heterocycles. The maximum absolute atomic E-state index is 12.7. The molecule has 0 amide bonds. The summed E-state index contributed by atoms with van der Waals surface area (Å²) in [5.74, 6) is -3.30. The molecule has 5 heteroatoms. The molecule has 1 aromatic rings. The van der Waals surface area contributed by atoms with Crippen molar-refractivity contribution in [2.45, 2.75) is 12.0 Å². The molecular formula is C7H9F2NO2. The van der Waals surface area contributed by atoms with E-state index >= 15 is 0 Å². The summed E-state index contributed by atoms with van der Waals surface area (Å²) >= 11 is 0. The Morgan fingerprint density at radius 3 is 2.75 bits per heavy atom. The minimum Gasteiger partial charge on any atom is -0.472 e. The molecule has 0 aliphatic rings. The van der Waals surface area contributed by atoms with E-state index in [1.165, 1.54) is 12.3 Å². The fraction of sp³-hybridized carbons (Fsp3) is 0.429. The lowest BCUT2D eigenvalue weighted by Crippen LogP contribution is -2.35. The van der Waals surface area contributed by atoms with Crippen LogP contribution in [0.3, 0.4) is 0 Å². The zero-order valence-corrected chi connectivity index (χ0v) is 6.21. The molecule has 0 fully saturated rings. The number of aliphatic hydroxyl groups is 1. The summed E-state index contributed by atoms with van der Waals surface area (Å²) < 4.78 is 30.0. The Morgan fingerprint density at radius 1 is 1.67 bits per heavy atom. The number of furan rings is 1. The molecular weight excluding hydrogens is 168 g/mol. The van der Waals surface area contributed by atoms with E-state index in [1.807, 2.05) is 0 Å². The highest BCUT2D eigenvalue weighted by Crippen LogP contribution is 2.28. The summed E-state index contributed by atoms with van der Waals surface area (Å²) in [6, 6.07) is -0.171. The van der Waals surface area contributed by atoms with Gasteiger partial charge in [-0.2, -0.15) is 0 Å². The van der Waals surface area contributed by atoms with Gasteiger partial charge < -0.3 is 15.3 Å². The van der Waals surface area contributed by atoms with Gasteiger partial charge in [0.25, 0.3) is 5.92 Å². The summed E-state index contributed by atoms with van der Waals surface area (Å²) in [6.07, 6.45) is 2.39. The van der Waals surface area contributed by atoms with Crippen molar-refractivity contribution < 1.29 is 18.3 Å². The molecule has 3 nitrogen and oxygen atoms in total. The smallest absolute Gasteiger partial charge is 0.289 e.